The Hall–Kier alpha value is -0.640. The molecule has 0 aliphatic carbocycles. The molecular weight excluding hydrogens is 188 g/mol. The van der Waals surface area contributed by atoms with Gasteiger partial charge in [-0.3, -0.25) is 0 Å². The molecule has 13 heavy (non-hydrogen) atoms. The van der Waals surface area contributed by atoms with Crippen LogP contribution in [0.1, 0.15) is 23.7 Å². The fourth-order valence-electron chi connectivity index (χ4n) is 1.17. The molecule has 3 N–H and O–H groups in total. The summed E-state index contributed by atoms with van der Waals surface area (Å²) < 4.78 is 0. The second-order valence-corrected chi connectivity index (χ2v) is 3.37. The van der Waals surface area contributed by atoms with Crippen LogP contribution >= 0.6 is 11.6 Å². The van der Waals surface area contributed by atoms with E-state index in [0.717, 1.165) is 11.3 Å². The van der Waals surface area contributed by atoms with Gasteiger partial charge in [0, 0.05) is 18.3 Å². The van der Waals surface area contributed by atoms with Gasteiger partial charge in [0.25, 0.3) is 0 Å². The van der Waals surface area contributed by atoms with Crippen LogP contribution in [0.4, 0.5) is 0 Å². The summed E-state index contributed by atoms with van der Waals surface area (Å²) in [6, 6.07) is 3.45. The number of hydrogen-bond donors (Lipinski definition) is 2. The summed E-state index contributed by atoms with van der Waals surface area (Å²) in [5, 5.41) is 9.16. The van der Waals surface area contributed by atoms with Crippen molar-refractivity contribution in [3.63, 3.8) is 0 Å². The molecule has 1 unspecified atom stereocenters. The second kappa shape index (κ2) is 4.56. The van der Waals surface area contributed by atoms with Gasteiger partial charge in [-0.15, -0.1) is 0 Å². The van der Waals surface area contributed by atoms with Crippen LogP contribution in [-0.2, 0) is 0 Å². The molecule has 3 nitrogen and oxygen atoms in total. The fraction of sp³-hybridized carbons (Fsp3) is 0.444. The summed E-state index contributed by atoms with van der Waals surface area (Å²) in [5.74, 6) is 0. The van der Waals surface area contributed by atoms with Crippen LogP contribution in [0.5, 0.6) is 0 Å². The van der Waals surface area contributed by atoms with E-state index >= 15 is 0 Å². The third-order valence-electron chi connectivity index (χ3n) is 1.81. The Morgan fingerprint density at radius 3 is 2.85 bits per heavy atom. The zero-order valence-electron chi connectivity index (χ0n) is 7.50. The van der Waals surface area contributed by atoms with Crippen LogP contribution in [0.25, 0.3) is 0 Å². The summed E-state index contributed by atoms with van der Waals surface area (Å²) in [4.78, 5) is 4.02. The van der Waals surface area contributed by atoms with Gasteiger partial charge in [0.2, 0.25) is 0 Å². The minimum absolute atomic E-state index is 0.0835. The van der Waals surface area contributed by atoms with Crippen LogP contribution in [0.2, 0.25) is 5.15 Å². The lowest BCUT2D eigenvalue weighted by molar-refractivity contribution is 0.276. The Bertz CT molecular complexity index is 271. The number of halogens is 1. The summed E-state index contributed by atoms with van der Waals surface area (Å²) in [7, 11) is 0. The smallest absolute Gasteiger partial charge is 0.129 e. The molecule has 0 amide bonds. The van der Waals surface area contributed by atoms with E-state index in [0.29, 0.717) is 11.6 Å². The molecule has 0 aromatic carbocycles. The van der Waals surface area contributed by atoms with Gasteiger partial charge in [-0.2, -0.15) is 0 Å². The first-order chi connectivity index (χ1) is 6.13. The van der Waals surface area contributed by atoms with Gasteiger partial charge in [-0.05, 0) is 31.0 Å². The molecule has 0 radical (unpaired) electrons. The lowest BCUT2D eigenvalue weighted by Crippen LogP contribution is -2.12. The Morgan fingerprint density at radius 1 is 1.62 bits per heavy atom. The van der Waals surface area contributed by atoms with Gasteiger partial charge in [0.05, 0.1) is 0 Å². The number of aromatic nitrogens is 1. The highest BCUT2D eigenvalue weighted by atomic mass is 35.5. The second-order valence-electron chi connectivity index (χ2n) is 2.98. The van der Waals surface area contributed by atoms with E-state index in [2.05, 4.69) is 4.98 Å². The monoisotopic (exact) mass is 200 g/mol. The van der Waals surface area contributed by atoms with Crippen molar-refractivity contribution in [3.05, 3.63) is 28.5 Å². The van der Waals surface area contributed by atoms with Crippen molar-refractivity contribution in [2.24, 2.45) is 5.73 Å². The normalized spacial score (nSPS) is 12.9. The molecule has 0 saturated heterocycles. The van der Waals surface area contributed by atoms with E-state index in [1.54, 1.807) is 6.07 Å². The average molecular weight is 201 g/mol. The molecule has 4 heteroatoms. The Morgan fingerprint density at radius 2 is 2.31 bits per heavy atom. The van der Waals surface area contributed by atoms with Crippen molar-refractivity contribution in [2.75, 3.05) is 6.61 Å². The zero-order valence-corrected chi connectivity index (χ0v) is 8.25. The predicted octanol–water partition coefficient (Wildman–Crippen LogP) is 1.43. The Labute approximate surface area is 82.5 Å². The summed E-state index contributed by atoms with van der Waals surface area (Å²) >= 11 is 5.77. The highest BCUT2D eigenvalue weighted by molar-refractivity contribution is 6.29. The summed E-state index contributed by atoms with van der Waals surface area (Å²) in [5.41, 5.74) is 7.56. The van der Waals surface area contributed by atoms with E-state index in [1.807, 2.05) is 13.0 Å². The highest BCUT2D eigenvalue weighted by Crippen LogP contribution is 2.17. The minimum Gasteiger partial charge on any atom is -0.396 e. The van der Waals surface area contributed by atoms with Gasteiger partial charge < -0.3 is 10.8 Å². The molecule has 0 aliphatic heterocycles. The molecular formula is C9H13ClN2O. The molecule has 0 aliphatic rings. The SMILES string of the molecule is Cc1cc(C(N)CCO)cc(Cl)n1. The van der Waals surface area contributed by atoms with E-state index < -0.39 is 0 Å². The van der Waals surface area contributed by atoms with Crippen LogP contribution in [0.3, 0.4) is 0 Å². The standard InChI is InChI=1S/C9H13ClN2O/c1-6-4-7(5-9(10)12-6)8(11)2-3-13/h4-5,8,13H,2-3,11H2,1H3. The zero-order chi connectivity index (χ0) is 9.84. The number of aliphatic hydroxyl groups excluding tert-OH is 1. The lowest BCUT2D eigenvalue weighted by Gasteiger charge is -2.10. The first kappa shape index (κ1) is 10.4. The molecule has 1 rings (SSSR count). The number of hydrogen-bond acceptors (Lipinski definition) is 3. The molecule has 0 spiro atoms. The van der Waals surface area contributed by atoms with Gasteiger partial charge >= 0.3 is 0 Å². The lowest BCUT2D eigenvalue weighted by atomic mass is 10.1. The molecule has 0 saturated carbocycles. The van der Waals surface area contributed by atoms with Crippen molar-refractivity contribution < 1.29 is 5.11 Å². The van der Waals surface area contributed by atoms with E-state index in [-0.39, 0.29) is 12.6 Å². The summed E-state index contributed by atoms with van der Waals surface area (Å²) in [6.07, 6.45) is 0.541. The maximum atomic E-state index is 8.71. The van der Waals surface area contributed by atoms with Crippen LogP contribution in [0, 0.1) is 6.92 Å². The number of aliphatic hydroxyl groups is 1. The minimum atomic E-state index is -0.163. The topological polar surface area (TPSA) is 59.1 Å². The van der Waals surface area contributed by atoms with E-state index in [1.165, 1.54) is 0 Å². The number of nitrogens with zero attached hydrogens (tertiary/aromatic N) is 1. The van der Waals surface area contributed by atoms with Crippen molar-refractivity contribution in [2.45, 2.75) is 19.4 Å². The van der Waals surface area contributed by atoms with Crippen molar-refractivity contribution in [3.8, 4) is 0 Å². The maximum absolute atomic E-state index is 8.71. The fourth-order valence-corrected chi connectivity index (χ4v) is 1.43. The largest absolute Gasteiger partial charge is 0.396 e. The van der Waals surface area contributed by atoms with Crippen LogP contribution in [-0.4, -0.2) is 16.7 Å². The molecule has 1 heterocycles. The number of pyridine rings is 1. The molecule has 0 bridgehead atoms. The van der Waals surface area contributed by atoms with E-state index in [4.69, 9.17) is 22.4 Å². The first-order valence-corrected chi connectivity index (χ1v) is 4.52. The Balaban J connectivity index is 2.87. The van der Waals surface area contributed by atoms with E-state index in [9.17, 15) is 0 Å². The van der Waals surface area contributed by atoms with Crippen molar-refractivity contribution >= 4 is 11.6 Å². The van der Waals surface area contributed by atoms with Gasteiger partial charge in [0.1, 0.15) is 5.15 Å². The third kappa shape index (κ3) is 2.95. The molecule has 1 aromatic rings. The van der Waals surface area contributed by atoms with Gasteiger partial charge in [0.15, 0.2) is 0 Å². The quantitative estimate of drug-likeness (QED) is 0.726. The molecule has 1 aromatic heterocycles. The maximum Gasteiger partial charge on any atom is 0.129 e. The number of rotatable bonds is 3. The van der Waals surface area contributed by atoms with Crippen molar-refractivity contribution in [1.29, 1.82) is 0 Å². The summed E-state index contributed by atoms with van der Waals surface area (Å²) in [6.45, 7) is 1.95. The number of nitrogens with two attached hydrogens (primary N) is 1. The molecule has 1 atom stereocenters. The first-order valence-electron chi connectivity index (χ1n) is 4.14. The van der Waals surface area contributed by atoms with Crippen LogP contribution < -0.4 is 5.73 Å². The highest BCUT2D eigenvalue weighted by Gasteiger charge is 2.06. The third-order valence-corrected chi connectivity index (χ3v) is 2.01. The predicted molar refractivity (Wildman–Crippen MR) is 52.6 cm³/mol. The van der Waals surface area contributed by atoms with Crippen LogP contribution in [0.15, 0.2) is 12.1 Å². The Kier molecular flexibility index (Phi) is 3.66. The average Bonchev–Trinajstić information content (AvgIpc) is 2.03. The molecule has 0 fully saturated rings. The van der Waals surface area contributed by atoms with Gasteiger partial charge in [-0.1, -0.05) is 11.6 Å². The number of aryl methyl sites for hydroxylation is 1. The van der Waals surface area contributed by atoms with Gasteiger partial charge in [-0.25, -0.2) is 4.98 Å². The molecule has 72 valence electrons. The van der Waals surface area contributed by atoms with Crippen molar-refractivity contribution in [1.82, 2.24) is 4.98 Å².